The molecule has 0 bridgehead atoms. The lowest BCUT2D eigenvalue weighted by atomic mass is 9.80. The third-order valence-corrected chi connectivity index (χ3v) is 6.04. The molecule has 1 fully saturated rings. The maximum atomic E-state index is 14.8. The average molecular weight is 421 g/mol. The summed E-state index contributed by atoms with van der Waals surface area (Å²) in [5.74, 6) is -1.26. The predicted octanol–water partition coefficient (Wildman–Crippen LogP) is 7.46. The number of halogens is 3. The van der Waals surface area contributed by atoms with Crippen molar-refractivity contribution in [3.05, 3.63) is 47.3 Å². The molecular formula is C25H31F3O2. The normalized spacial score (nSPS) is 19.0. The molecule has 164 valence electrons. The van der Waals surface area contributed by atoms with Gasteiger partial charge < -0.3 is 9.47 Å². The summed E-state index contributed by atoms with van der Waals surface area (Å²) in [6.45, 7) is 6.48. The van der Waals surface area contributed by atoms with Crippen LogP contribution in [0.2, 0.25) is 0 Å². The zero-order valence-electron chi connectivity index (χ0n) is 18.1. The van der Waals surface area contributed by atoms with Crippen molar-refractivity contribution in [2.24, 2.45) is 11.8 Å². The van der Waals surface area contributed by atoms with Gasteiger partial charge in [-0.1, -0.05) is 32.6 Å². The fourth-order valence-electron chi connectivity index (χ4n) is 4.33. The van der Waals surface area contributed by atoms with E-state index in [9.17, 15) is 13.2 Å². The number of ether oxygens (including phenoxy) is 2. The Bertz CT molecular complexity index is 858. The van der Waals surface area contributed by atoms with Gasteiger partial charge in [0.05, 0.1) is 13.2 Å². The number of hydrogen-bond acceptors (Lipinski definition) is 2. The van der Waals surface area contributed by atoms with Crippen molar-refractivity contribution < 1.29 is 22.6 Å². The van der Waals surface area contributed by atoms with Crippen molar-refractivity contribution in [3.63, 3.8) is 0 Å². The van der Waals surface area contributed by atoms with Gasteiger partial charge in [0.15, 0.2) is 11.6 Å². The van der Waals surface area contributed by atoms with E-state index in [0.29, 0.717) is 23.8 Å². The molecule has 2 aromatic carbocycles. The van der Waals surface area contributed by atoms with E-state index in [1.54, 1.807) is 13.8 Å². The summed E-state index contributed by atoms with van der Waals surface area (Å²) in [7, 11) is 0. The minimum absolute atomic E-state index is 0.0133. The van der Waals surface area contributed by atoms with Crippen LogP contribution >= 0.6 is 0 Å². The monoisotopic (exact) mass is 420 g/mol. The summed E-state index contributed by atoms with van der Waals surface area (Å²) in [6, 6.07) is 5.46. The van der Waals surface area contributed by atoms with E-state index in [2.05, 4.69) is 6.92 Å². The Kier molecular flexibility index (Phi) is 7.68. The van der Waals surface area contributed by atoms with Crippen molar-refractivity contribution in [2.45, 2.75) is 59.3 Å². The van der Waals surface area contributed by atoms with E-state index in [4.69, 9.17) is 9.47 Å². The van der Waals surface area contributed by atoms with Gasteiger partial charge in [-0.25, -0.2) is 8.78 Å². The summed E-state index contributed by atoms with van der Waals surface area (Å²) < 4.78 is 54.5. The van der Waals surface area contributed by atoms with Crippen LogP contribution in [-0.2, 0) is 0 Å². The van der Waals surface area contributed by atoms with Crippen LogP contribution in [0, 0.1) is 36.2 Å². The molecule has 0 spiro atoms. The molecule has 2 nitrogen and oxygen atoms in total. The lowest BCUT2D eigenvalue weighted by Gasteiger charge is -2.28. The summed E-state index contributed by atoms with van der Waals surface area (Å²) in [6.07, 6.45) is 7.27. The van der Waals surface area contributed by atoms with Crippen molar-refractivity contribution in [3.8, 4) is 22.6 Å². The first-order chi connectivity index (χ1) is 14.4. The molecule has 1 aliphatic rings. The minimum atomic E-state index is -1.11. The first kappa shape index (κ1) is 22.5. The van der Waals surface area contributed by atoms with Crippen LogP contribution in [0.1, 0.15) is 57.9 Å². The van der Waals surface area contributed by atoms with Crippen LogP contribution in [0.4, 0.5) is 13.2 Å². The number of hydrogen-bond donors (Lipinski definition) is 0. The SMILES string of the molecule is CCCC1CCC(COc2cc(F)c(-c3ccc(OCC)c(F)c3F)cc2C)CC1. The molecule has 2 aromatic rings. The molecule has 0 amide bonds. The van der Waals surface area contributed by atoms with Crippen molar-refractivity contribution >= 4 is 0 Å². The zero-order valence-corrected chi connectivity index (χ0v) is 18.1. The summed E-state index contributed by atoms with van der Waals surface area (Å²) in [5.41, 5.74) is 0.580. The minimum Gasteiger partial charge on any atom is -0.493 e. The van der Waals surface area contributed by atoms with Crippen LogP contribution in [0.5, 0.6) is 11.5 Å². The molecule has 0 unspecified atom stereocenters. The first-order valence-electron chi connectivity index (χ1n) is 11.0. The summed E-state index contributed by atoms with van der Waals surface area (Å²) in [5, 5.41) is 0. The van der Waals surface area contributed by atoms with Crippen LogP contribution in [0.25, 0.3) is 11.1 Å². The molecule has 0 heterocycles. The molecule has 0 atom stereocenters. The number of aryl methyl sites for hydroxylation is 1. The molecule has 0 radical (unpaired) electrons. The van der Waals surface area contributed by atoms with E-state index < -0.39 is 17.5 Å². The standard InChI is InChI=1S/C25H31F3O2/c1-4-6-17-7-9-18(10-8-17)15-30-23-14-21(26)20(13-16(23)3)19-11-12-22(29-5-2)25(28)24(19)27/h11-14,17-18H,4-10,15H2,1-3H3. The van der Waals surface area contributed by atoms with Gasteiger partial charge >= 0.3 is 0 Å². The zero-order chi connectivity index (χ0) is 21.7. The van der Waals surface area contributed by atoms with Crippen molar-refractivity contribution in [1.29, 1.82) is 0 Å². The van der Waals surface area contributed by atoms with E-state index >= 15 is 0 Å². The van der Waals surface area contributed by atoms with Crippen LogP contribution < -0.4 is 9.47 Å². The quantitative estimate of drug-likeness (QED) is 0.441. The lowest BCUT2D eigenvalue weighted by Crippen LogP contribution is -2.20. The Labute approximate surface area is 177 Å². The highest BCUT2D eigenvalue weighted by Crippen LogP contribution is 2.36. The van der Waals surface area contributed by atoms with E-state index in [-0.39, 0.29) is 23.5 Å². The maximum absolute atomic E-state index is 14.8. The molecular weight excluding hydrogens is 389 g/mol. The fraction of sp³-hybridized carbons (Fsp3) is 0.520. The van der Waals surface area contributed by atoms with Gasteiger partial charge in [-0.2, -0.15) is 4.39 Å². The average Bonchev–Trinajstić information content (AvgIpc) is 2.73. The third-order valence-electron chi connectivity index (χ3n) is 6.04. The van der Waals surface area contributed by atoms with Gasteiger partial charge in [0.25, 0.3) is 0 Å². The first-order valence-corrected chi connectivity index (χ1v) is 11.0. The summed E-state index contributed by atoms with van der Waals surface area (Å²) >= 11 is 0. The van der Waals surface area contributed by atoms with Gasteiger partial charge in [-0.15, -0.1) is 0 Å². The molecule has 5 heteroatoms. The Morgan fingerprint density at radius 1 is 0.833 bits per heavy atom. The molecule has 1 saturated carbocycles. The number of rotatable bonds is 8. The van der Waals surface area contributed by atoms with Crippen molar-refractivity contribution in [1.82, 2.24) is 0 Å². The highest BCUT2D eigenvalue weighted by Gasteiger charge is 2.22. The van der Waals surface area contributed by atoms with Gasteiger partial charge in [-0.05, 0) is 62.3 Å². The maximum Gasteiger partial charge on any atom is 0.201 e. The molecule has 30 heavy (non-hydrogen) atoms. The topological polar surface area (TPSA) is 18.5 Å². The van der Waals surface area contributed by atoms with Crippen LogP contribution in [0.15, 0.2) is 24.3 Å². The van der Waals surface area contributed by atoms with Gasteiger partial charge in [0, 0.05) is 17.2 Å². The van der Waals surface area contributed by atoms with Crippen molar-refractivity contribution in [2.75, 3.05) is 13.2 Å². The van der Waals surface area contributed by atoms with Gasteiger partial charge in [0.1, 0.15) is 11.6 Å². The molecule has 0 aliphatic heterocycles. The second kappa shape index (κ2) is 10.2. The van der Waals surface area contributed by atoms with Crippen LogP contribution in [-0.4, -0.2) is 13.2 Å². The molecule has 3 rings (SSSR count). The fourth-order valence-corrected chi connectivity index (χ4v) is 4.33. The van der Waals surface area contributed by atoms with E-state index in [1.165, 1.54) is 49.9 Å². The smallest absolute Gasteiger partial charge is 0.201 e. The Morgan fingerprint density at radius 3 is 2.20 bits per heavy atom. The third kappa shape index (κ3) is 5.11. The Morgan fingerprint density at radius 2 is 1.53 bits per heavy atom. The predicted molar refractivity (Wildman–Crippen MR) is 114 cm³/mol. The number of benzene rings is 2. The molecule has 0 N–H and O–H groups in total. The van der Waals surface area contributed by atoms with Crippen LogP contribution in [0.3, 0.4) is 0 Å². The second-order valence-electron chi connectivity index (χ2n) is 8.26. The largest absolute Gasteiger partial charge is 0.493 e. The highest BCUT2D eigenvalue weighted by molar-refractivity contribution is 5.68. The van der Waals surface area contributed by atoms with E-state index in [0.717, 1.165) is 18.8 Å². The Balaban J connectivity index is 1.71. The second-order valence-corrected chi connectivity index (χ2v) is 8.26. The molecule has 0 saturated heterocycles. The van der Waals surface area contributed by atoms with Gasteiger partial charge in [0.2, 0.25) is 5.82 Å². The Hall–Kier alpha value is -2.17. The molecule has 1 aliphatic carbocycles. The summed E-state index contributed by atoms with van der Waals surface area (Å²) in [4.78, 5) is 0. The molecule has 0 aromatic heterocycles. The van der Waals surface area contributed by atoms with E-state index in [1.807, 2.05) is 0 Å². The van der Waals surface area contributed by atoms with Gasteiger partial charge in [-0.3, -0.25) is 0 Å². The lowest BCUT2D eigenvalue weighted by molar-refractivity contribution is 0.177. The highest BCUT2D eigenvalue weighted by atomic mass is 19.2.